The smallest absolute Gasteiger partial charge is 0.0438 e. The van der Waals surface area contributed by atoms with Crippen molar-refractivity contribution < 1.29 is 0 Å². The fraction of sp³-hybridized carbons (Fsp3) is 0.368. The van der Waals surface area contributed by atoms with E-state index >= 15 is 0 Å². The van der Waals surface area contributed by atoms with E-state index in [9.17, 15) is 0 Å². The van der Waals surface area contributed by atoms with Gasteiger partial charge in [-0.1, -0.05) is 63.9 Å². The third kappa shape index (κ3) is 3.70. The first-order chi connectivity index (χ1) is 10.3. The first-order valence-corrected chi connectivity index (χ1v) is 9.16. The van der Waals surface area contributed by atoms with Crippen LogP contribution in [0.2, 0.25) is 5.02 Å². The van der Waals surface area contributed by atoms with Crippen molar-refractivity contribution in [2.24, 2.45) is 5.92 Å². The van der Waals surface area contributed by atoms with E-state index in [0.717, 1.165) is 23.2 Å². The minimum absolute atomic E-state index is 0.587. The minimum Gasteiger partial charge on any atom is -0.0925 e. The van der Waals surface area contributed by atoms with Gasteiger partial charge >= 0.3 is 0 Å². The summed E-state index contributed by atoms with van der Waals surface area (Å²) in [4.78, 5) is 0. The summed E-state index contributed by atoms with van der Waals surface area (Å²) in [6.07, 6.45) is 5.98. The maximum Gasteiger partial charge on any atom is 0.0438 e. The van der Waals surface area contributed by atoms with Crippen LogP contribution in [0.5, 0.6) is 0 Å². The summed E-state index contributed by atoms with van der Waals surface area (Å²) in [5.74, 6) is 0.587. The third-order valence-electron chi connectivity index (χ3n) is 4.37. The second-order valence-corrected chi connectivity index (χ2v) is 7.03. The molecule has 2 heteroatoms. The topological polar surface area (TPSA) is 0 Å². The van der Waals surface area contributed by atoms with Crippen LogP contribution < -0.4 is 0 Å². The van der Waals surface area contributed by atoms with Gasteiger partial charge in [-0.3, -0.25) is 0 Å². The normalized spacial score (nSPS) is 15.0. The third-order valence-corrected chi connectivity index (χ3v) is 5.66. The summed E-state index contributed by atoms with van der Waals surface area (Å²) >= 11 is 9.96. The van der Waals surface area contributed by atoms with Crippen LogP contribution >= 0.6 is 27.5 Å². The standard InChI is InChI=1S/C19H20BrCl/c20-13-15(12-18-4-1-2-7-19(18)21)10-14-8-9-16-5-3-6-17(16)11-14/h1-2,4,7-9,11,15H,3,5-6,10,12-13H2. The highest BCUT2D eigenvalue weighted by Gasteiger charge is 2.14. The summed E-state index contributed by atoms with van der Waals surface area (Å²) in [6, 6.07) is 15.3. The van der Waals surface area contributed by atoms with Crippen LogP contribution in [0.15, 0.2) is 42.5 Å². The van der Waals surface area contributed by atoms with E-state index in [1.807, 2.05) is 12.1 Å². The van der Waals surface area contributed by atoms with Crippen LogP contribution in [-0.4, -0.2) is 5.33 Å². The number of hydrogen-bond donors (Lipinski definition) is 0. The summed E-state index contributed by atoms with van der Waals surface area (Å²) in [5.41, 5.74) is 5.84. The van der Waals surface area contributed by atoms with Crippen LogP contribution in [-0.2, 0) is 25.7 Å². The molecule has 0 aromatic heterocycles. The Morgan fingerprint density at radius 2 is 1.81 bits per heavy atom. The van der Waals surface area contributed by atoms with Gasteiger partial charge in [-0.05, 0) is 66.3 Å². The molecule has 0 spiro atoms. The number of alkyl halides is 1. The molecule has 1 atom stereocenters. The van der Waals surface area contributed by atoms with Gasteiger partial charge in [0.05, 0.1) is 0 Å². The number of fused-ring (bicyclic) bond motifs is 1. The molecule has 0 radical (unpaired) electrons. The molecule has 0 bridgehead atoms. The maximum absolute atomic E-state index is 6.29. The molecule has 3 rings (SSSR count). The molecule has 1 aliphatic carbocycles. The molecule has 0 saturated heterocycles. The van der Waals surface area contributed by atoms with E-state index < -0.39 is 0 Å². The molecule has 21 heavy (non-hydrogen) atoms. The van der Waals surface area contributed by atoms with Gasteiger partial charge in [0, 0.05) is 10.4 Å². The number of benzene rings is 2. The largest absolute Gasteiger partial charge is 0.0925 e. The Kier molecular flexibility index (Phi) is 5.03. The van der Waals surface area contributed by atoms with Crippen molar-refractivity contribution in [2.45, 2.75) is 32.1 Å². The zero-order chi connectivity index (χ0) is 14.7. The monoisotopic (exact) mass is 362 g/mol. The Balaban J connectivity index is 1.71. The van der Waals surface area contributed by atoms with Gasteiger partial charge in [0.15, 0.2) is 0 Å². The van der Waals surface area contributed by atoms with E-state index in [1.165, 1.54) is 30.4 Å². The highest BCUT2D eigenvalue weighted by molar-refractivity contribution is 9.09. The Bertz CT molecular complexity index is 621. The van der Waals surface area contributed by atoms with Gasteiger partial charge in [-0.25, -0.2) is 0 Å². The number of hydrogen-bond acceptors (Lipinski definition) is 0. The number of aryl methyl sites for hydroxylation is 2. The lowest BCUT2D eigenvalue weighted by Gasteiger charge is -2.16. The summed E-state index contributed by atoms with van der Waals surface area (Å²) < 4.78 is 0. The molecular formula is C19H20BrCl. The van der Waals surface area contributed by atoms with E-state index in [1.54, 1.807) is 11.1 Å². The molecule has 0 nitrogen and oxygen atoms in total. The summed E-state index contributed by atoms with van der Waals surface area (Å²) in [7, 11) is 0. The van der Waals surface area contributed by atoms with Gasteiger partial charge in [0.1, 0.15) is 0 Å². The molecule has 2 aromatic carbocycles. The quantitative estimate of drug-likeness (QED) is 0.604. The summed E-state index contributed by atoms with van der Waals surface area (Å²) in [5, 5.41) is 1.90. The zero-order valence-electron chi connectivity index (χ0n) is 12.1. The van der Waals surface area contributed by atoms with Crippen molar-refractivity contribution in [3.8, 4) is 0 Å². The van der Waals surface area contributed by atoms with Gasteiger partial charge in [-0.2, -0.15) is 0 Å². The van der Waals surface area contributed by atoms with Crippen LogP contribution in [0.3, 0.4) is 0 Å². The van der Waals surface area contributed by atoms with Crippen molar-refractivity contribution in [3.63, 3.8) is 0 Å². The van der Waals surface area contributed by atoms with Gasteiger partial charge < -0.3 is 0 Å². The average molecular weight is 364 g/mol. The van der Waals surface area contributed by atoms with Crippen LogP contribution in [0.1, 0.15) is 28.7 Å². The Labute approximate surface area is 140 Å². The fourth-order valence-corrected chi connectivity index (χ4v) is 3.91. The van der Waals surface area contributed by atoms with Crippen molar-refractivity contribution >= 4 is 27.5 Å². The number of rotatable bonds is 5. The molecule has 0 amide bonds. The molecule has 110 valence electrons. The van der Waals surface area contributed by atoms with Crippen molar-refractivity contribution in [1.29, 1.82) is 0 Å². The van der Waals surface area contributed by atoms with E-state index in [2.05, 4.69) is 46.3 Å². The van der Waals surface area contributed by atoms with Crippen molar-refractivity contribution in [2.75, 3.05) is 5.33 Å². The molecule has 0 heterocycles. The predicted molar refractivity (Wildman–Crippen MR) is 94.6 cm³/mol. The van der Waals surface area contributed by atoms with Gasteiger partial charge in [0.2, 0.25) is 0 Å². The van der Waals surface area contributed by atoms with Crippen molar-refractivity contribution in [3.05, 3.63) is 69.7 Å². The molecular weight excluding hydrogens is 344 g/mol. The second kappa shape index (κ2) is 6.98. The Morgan fingerprint density at radius 1 is 1.00 bits per heavy atom. The second-order valence-electron chi connectivity index (χ2n) is 5.98. The highest BCUT2D eigenvalue weighted by Crippen LogP contribution is 2.26. The van der Waals surface area contributed by atoms with Crippen molar-refractivity contribution in [1.82, 2.24) is 0 Å². The molecule has 0 saturated carbocycles. The lowest BCUT2D eigenvalue weighted by Crippen LogP contribution is -2.10. The zero-order valence-corrected chi connectivity index (χ0v) is 14.5. The molecule has 1 unspecified atom stereocenters. The van der Waals surface area contributed by atoms with Crippen LogP contribution in [0, 0.1) is 5.92 Å². The van der Waals surface area contributed by atoms with E-state index in [4.69, 9.17) is 11.6 Å². The van der Waals surface area contributed by atoms with Gasteiger partial charge in [-0.15, -0.1) is 0 Å². The molecule has 0 fully saturated rings. The van der Waals surface area contributed by atoms with E-state index in [0.29, 0.717) is 5.92 Å². The fourth-order valence-electron chi connectivity index (χ4n) is 3.24. The van der Waals surface area contributed by atoms with Gasteiger partial charge in [0.25, 0.3) is 0 Å². The minimum atomic E-state index is 0.587. The summed E-state index contributed by atoms with van der Waals surface area (Å²) in [6.45, 7) is 0. The lowest BCUT2D eigenvalue weighted by atomic mass is 9.93. The molecule has 0 aliphatic heterocycles. The first-order valence-electron chi connectivity index (χ1n) is 7.66. The lowest BCUT2D eigenvalue weighted by molar-refractivity contribution is 0.591. The molecule has 2 aromatic rings. The Hall–Kier alpha value is -0.790. The Morgan fingerprint density at radius 3 is 2.62 bits per heavy atom. The van der Waals surface area contributed by atoms with E-state index in [-0.39, 0.29) is 0 Å². The van der Waals surface area contributed by atoms with Crippen LogP contribution in [0.4, 0.5) is 0 Å². The SMILES string of the molecule is Clc1ccccc1CC(CBr)Cc1ccc2c(c1)CCC2. The maximum atomic E-state index is 6.29. The number of halogens is 2. The highest BCUT2D eigenvalue weighted by atomic mass is 79.9. The molecule has 1 aliphatic rings. The first kappa shape index (κ1) is 15.1. The average Bonchev–Trinajstić information content (AvgIpc) is 2.96. The van der Waals surface area contributed by atoms with Crippen LogP contribution in [0.25, 0.3) is 0 Å². The molecule has 0 N–H and O–H groups in total. The predicted octanol–water partition coefficient (Wildman–Crippen LogP) is 5.63.